The van der Waals surface area contributed by atoms with Crippen molar-refractivity contribution in [2.24, 2.45) is 0 Å². The molecule has 0 saturated carbocycles. The van der Waals surface area contributed by atoms with Crippen LogP contribution in [0.25, 0.3) is 22.1 Å². The van der Waals surface area contributed by atoms with Crippen molar-refractivity contribution in [3.8, 4) is 34.5 Å². The highest BCUT2D eigenvalue weighted by molar-refractivity contribution is 7.90. The number of benzene rings is 2. The molecule has 0 aliphatic rings. The number of ether oxygens (including phenoxy) is 6. The number of halogens is 4. The van der Waals surface area contributed by atoms with Gasteiger partial charge in [0.25, 0.3) is 0 Å². The fourth-order valence-corrected chi connectivity index (χ4v) is 6.65. The molecule has 280 valence electrons. The third kappa shape index (κ3) is 10.4. The Balaban J connectivity index is 0.000000256. The number of aromatic nitrogens is 6. The van der Waals surface area contributed by atoms with Gasteiger partial charge in [-0.25, -0.2) is 0 Å². The number of fused-ring (bicyclic) bond motifs is 2. The van der Waals surface area contributed by atoms with E-state index in [1.807, 2.05) is 0 Å². The van der Waals surface area contributed by atoms with E-state index in [0.29, 0.717) is 22.1 Å². The zero-order chi connectivity index (χ0) is 42.4. The third-order valence-electron chi connectivity index (χ3n) is 6.80. The van der Waals surface area contributed by atoms with E-state index in [9.17, 15) is 26.7 Å². The smallest absolute Gasteiger partial charge is 0.387 e. The Morgan fingerprint density at radius 1 is 0.679 bits per heavy atom. The Kier molecular flexibility index (Phi) is 11.9. The first-order valence-electron chi connectivity index (χ1n) is 17.4. The Morgan fingerprint density at radius 2 is 1.09 bits per heavy atom. The number of pyridine rings is 2. The number of nitrogens with one attached hydrogen (secondary N) is 2. The van der Waals surface area contributed by atoms with Crippen molar-refractivity contribution < 1.29 is 63.3 Å². The normalized spacial score (nSPS) is 14.3. The summed E-state index contributed by atoms with van der Waals surface area (Å²) in [6.07, 6.45) is 2.62. The Morgan fingerprint density at radius 3 is 1.45 bits per heavy atom. The summed E-state index contributed by atoms with van der Waals surface area (Å²) in [6, 6.07) is 10.9. The Bertz CT molecular complexity index is 2170. The second kappa shape index (κ2) is 19.1. The molecule has 6 rings (SSSR count). The lowest BCUT2D eigenvalue weighted by atomic mass is 10.3. The van der Waals surface area contributed by atoms with Gasteiger partial charge in [0.15, 0.2) is 34.5 Å². The van der Waals surface area contributed by atoms with Gasteiger partial charge >= 0.3 is 46.6 Å². The van der Waals surface area contributed by atoms with Gasteiger partial charge in [-0.3, -0.25) is 19.9 Å². The first-order valence-corrected chi connectivity index (χ1v) is 17.0. The van der Waals surface area contributed by atoms with E-state index >= 15 is 0 Å². The molecule has 2 unspecified atom stereocenters. The number of nitrogens with zero attached hydrogens (tertiary/aromatic N) is 4. The van der Waals surface area contributed by atoms with E-state index in [-0.39, 0.29) is 90.8 Å². The van der Waals surface area contributed by atoms with Crippen LogP contribution >= 0.6 is 0 Å². The van der Waals surface area contributed by atoms with Gasteiger partial charge in [0.1, 0.15) is 22.9 Å². The van der Waals surface area contributed by atoms with Crippen LogP contribution in [0.15, 0.2) is 71.2 Å². The summed E-state index contributed by atoms with van der Waals surface area (Å²) < 4.78 is 147. The number of aromatic amines is 2. The fraction of sp³-hybridized carbons (Fsp3) is 0.250. The molecular weight excluding hydrogens is 761 g/mol. The van der Waals surface area contributed by atoms with Gasteiger partial charge in [-0.15, -0.1) is 0 Å². The van der Waals surface area contributed by atoms with Crippen LogP contribution in [-0.4, -0.2) is 104 Å². The molecule has 2 N–H and O–H groups in total. The van der Waals surface area contributed by atoms with Crippen LogP contribution in [0, 0.1) is 0 Å². The van der Waals surface area contributed by atoms with Crippen molar-refractivity contribution >= 4 is 67.5 Å². The van der Waals surface area contributed by atoms with E-state index in [0.717, 1.165) is 0 Å². The lowest BCUT2D eigenvalue weighted by Crippen LogP contribution is -2.10. The van der Waals surface area contributed by atoms with Crippen LogP contribution < -0.4 is 28.4 Å². The molecule has 0 aliphatic carbocycles. The zero-order valence-electron chi connectivity index (χ0n) is 32.7. The number of rotatable bonds is 14. The maximum absolute atomic E-state index is 12.7. The molecule has 0 radical (unpaired) electrons. The minimum atomic E-state index is -2.97. The Labute approximate surface area is 329 Å². The third-order valence-corrected chi connectivity index (χ3v) is 9.12. The lowest BCUT2D eigenvalue weighted by molar-refractivity contribution is -0.0504. The second-order valence-electron chi connectivity index (χ2n) is 9.96. The molecule has 0 fully saturated rings. The van der Waals surface area contributed by atoms with Gasteiger partial charge in [-0.2, -0.15) is 27.5 Å². The van der Waals surface area contributed by atoms with Crippen molar-refractivity contribution in [2.45, 2.75) is 35.0 Å². The molecule has 21 heteroatoms. The highest BCUT2D eigenvalue weighted by atomic mass is 32.2. The topological polar surface area (TPSA) is 185 Å². The number of alkyl halides is 4. The van der Waals surface area contributed by atoms with Crippen LogP contribution in [0.5, 0.6) is 34.5 Å². The van der Waals surface area contributed by atoms with Crippen LogP contribution in [0.4, 0.5) is 17.6 Å². The maximum atomic E-state index is 12.7. The molecular formula is C32H32F4MgN6O8S2. The van der Waals surface area contributed by atoms with E-state index in [4.69, 9.17) is 27.2 Å². The number of methoxy groups -OCH3 is 4. The van der Waals surface area contributed by atoms with E-state index in [1.54, 1.807) is 0 Å². The van der Waals surface area contributed by atoms with Crippen LogP contribution in [0.1, 0.15) is 19.6 Å². The summed E-state index contributed by atoms with van der Waals surface area (Å²) in [5.41, 5.74) is 1.96. The predicted molar refractivity (Wildman–Crippen MR) is 189 cm³/mol. The number of H-pyrrole nitrogens is 2. The summed E-state index contributed by atoms with van der Waals surface area (Å²) >= 11 is -3.44. The minimum absolute atomic E-state index is 0. The van der Waals surface area contributed by atoms with Crippen molar-refractivity contribution in [1.82, 2.24) is 29.9 Å². The minimum Gasteiger partial charge on any atom is -0.609 e. The quantitative estimate of drug-likeness (QED) is 0.0869. The highest BCUT2D eigenvalue weighted by Gasteiger charge is 2.24. The molecule has 53 heavy (non-hydrogen) atoms. The molecule has 4 aromatic heterocycles. The summed E-state index contributed by atoms with van der Waals surface area (Å²) in [5, 5.41) is 0.167. The van der Waals surface area contributed by atoms with Crippen molar-refractivity contribution in [3.63, 3.8) is 0 Å². The molecule has 14 nitrogen and oxygen atoms in total. The standard InChI is InChI=1S/2C16H15F2N3O4S.Mg.2H/c2*1-23-13-5-6-19-12(14(13)24-2)8-26(22)16-20-10-4-3-9(25-15(17)18)7-11(10)21-16;;;/h2*3-7,15H,8H2,1-2H3,(H,20,21);;;/i2*1D3;;;. The van der Waals surface area contributed by atoms with Gasteiger partial charge in [-0.1, -0.05) is 0 Å². The van der Waals surface area contributed by atoms with Gasteiger partial charge in [0, 0.05) is 59.0 Å². The first kappa shape index (κ1) is 33.2. The summed E-state index contributed by atoms with van der Waals surface area (Å²) in [6.45, 7) is -5.94. The number of hydrogen-bond donors (Lipinski definition) is 2. The van der Waals surface area contributed by atoms with E-state index in [1.165, 1.54) is 75.1 Å². The van der Waals surface area contributed by atoms with Crippen molar-refractivity contribution in [1.29, 1.82) is 0 Å². The van der Waals surface area contributed by atoms with Gasteiger partial charge in [0.05, 0.1) is 58.6 Å². The van der Waals surface area contributed by atoms with Crippen molar-refractivity contribution in [2.75, 3.05) is 28.3 Å². The molecule has 2 aromatic carbocycles. The Hall–Kier alpha value is -4.41. The monoisotopic (exact) mass is 798 g/mol. The second-order valence-corrected chi connectivity index (χ2v) is 12.7. The summed E-state index contributed by atoms with van der Waals surface area (Å²) in [4.78, 5) is 22.1. The van der Waals surface area contributed by atoms with Gasteiger partial charge < -0.3 is 37.5 Å². The maximum Gasteiger partial charge on any atom is 0.387 e. The molecule has 0 aliphatic heterocycles. The van der Waals surface area contributed by atoms with E-state index < -0.39 is 49.7 Å². The fourth-order valence-electron chi connectivity index (χ4n) is 4.62. The van der Waals surface area contributed by atoms with Gasteiger partial charge in [0.2, 0.25) is 0 Å². The first-order chi connectivity index (χ1) is 27.3. The summed E-state index contributed by atoms with van der Waals surface area (Å²) in [5.74, 6) is -0.492. The van der Waals surface area contributed by atoms with Gasteiger partial charge in [-0.05, 0) is 24.3 Å². The average Bonchev–Trinajstić information content (AvgIpc) is 3.75. The van der Waals surface area contributed by atoms with Crippen LogP contribution in [0.2, 0.25) is 0 Å². The molecule has 0 bridgehead atoms. The average molecular weight is 799 g/mol. The lowest BCUT2D eigenvalue weighted by Gasteiger charge is -2.12. The molecule has 0 saturated heterocycles. The summed E-state index contributed by atoms with van der Waals surface area (Å²) in [7, 11) is -2.77. The molecule has 2 atom stereocenters. The predicted octanol–water partition coefficient (Wildman–Crippen LogP) is 4.85. The molecule has 6 aromatic rings. The highest BCUT2D eigenvalue weighted by Crippen LogP contribution is 2.33. The van der Waals surface area contributed by atoms with E-state index in [2.05, 4.69) is 39.4 Å². The molecule has 0 spiro atoms. The molecule has 4 heterocycles. The zero-order valence-corrected chi connectivity index (χ0v) is 28.4. The molecule has 0 amide bonds. The van der Waals surface area contributed by atoms with Crippen LogP contribution in [-0.2, 0) is 33.9 Å². The number of hydrogen-bond acceptors (Lipinski definition) is 12. The van der Waals surface area contributed by atoms with Crippen molar-refractivity contribution in [3.05, 3.63) is 72.3 Å². The number of imidazole rings is 2. The SMILES string of the molecule is [2H]C([2H])([2H])Oc1ccnc(C[S+]([O-])c2nc3cc(OC(F)F)ccc3[nH]2)c1OC.[2H]C([2H])([2H])Oc1ccnc(C[S+]([O-])c2nc3cc(OC(F)F)ccc3[nH]2)c1OC.[MgH2]. The van der Waals surface area contributed by atoms with Crippen LogP contribution in [0.3, 0.4) is 0 Å². The largest absolute Gasteiger partial charge is 0.609 e.